The van der Waals surface area contributed by atoms with Gasteiger partial charge in [-0.15, -0.1) is 0 Å². The number of nitrogens with zero attached hydrogens (tertiary/aromatic N) is 2. The Hall–Kier alpha value is -1.51. The average Bonchev–Trinajstić information content (AvgIpc) is 2.50. The van der Waals surface area contributed by atoms with Crippen molar-refractivity contribution in [2.75, 3.05) is 51.4 Å². The highest BCUT2D eigenvalue weighted by Crippen LogP contribution is 2.30. The molecule has 0 heterocycles. The van der Waals surface area contributed by atoms with E-state index in [1.807, 2.05) is 19.0 Å². The van der Waals surface area contributed by atoms with Crippen LogP contribution in [0.2, 0.25) is 5.02 Å². The quantitative estimate of drug-likeness (QED) is 0.655. The second-order valence-electron chi connectivity index (χ2n) is 5.91. The summed E-state index contributed by atoms with van der Waals surface area (Å²) in [6.07, 6.45) is 1.79. The first-order chi connectivity index (χ1) is 11.6. The zero-order valence-corrected chi connectivity index (χ0v) is 16.7. The fraction of sp³-hybridized carbons (Fsp3) is 0.562. The van der Waals surface area contributed by atoms with Crippen molar-refractivity contribution in [2.24, 2.45) is 0 Å². The Kier molecular flexibility index (Phi) is 8.47. The van der Waals surface area contributed by atoms with Crippen molar-refractivity contribution < 1.29 is 17.9 Å². The molecule has 7 nitrogen and oxygen atoms in total. The van der Waals surface area contributed by atoms with Crippen molar-refractivity contribution in [1.29, 1.82) is 0 Å². The van der Waals surface area contributed by atoms with Crippen molar-refractivity contribution in [3.8, 4) is 5.75 Å². The predicted molar refractivity (Wildman–Crippen MR) is 101 cm³/mol. The summed E-state index contributed by atoms with van der Waals surface area (Å²) in [4.78, 5) is 13.8. The van der Waals surface area contributed by atoms with Gasteiger partial charge in [0, 0.05) is 26.1 Å². The Balaban J connectivity index is 2.67. The molecule has 0 aliphatic heterocycles. The maximum Gasteiger partial charge on any atom is 0.232 e. The van der Waals surface area contributed by atoms with Gasteiger partial charge in [0.1, 0.15) is 5.75 Å². The summed E-state index contributed by atoms with van der Waals surface area (Å²) >= 11 is 6.08. The smallest absolute Gasteiger partial charge is 0.232 e. The average molecular weight is 392 g/mol. The van der Waals surface area contributed by atoms with Crippen LogP contribution in [0.1, 0.15) is 12.8 Å². The number of methoxy groups -OCH3 is 1. The molecular weight excluding hydrogens is 366 g/mol. The summed E-state index contributed by atoms with van der Waals surface area (Å²) in [5, 5.41) is 3.13. The van der Waals surface area contributed by atoms with E-state index in [9.17, 15) is 13.2 Å². The zero-order valence-electron chi connectivity index (χ0n) is 15.1. The number of hydrogen-bond donors (Lipinski definition) is 1. The highest BCUT2D eigenvalue weighted by molar-refractivity contribution is 7.92. The van der Waals surface area contributed by atoms with Crippen molar-refractivity contribution in [1.82, 2.24) is 10.2 Å². The Bertz CT molecular complexity index is 680. The molecule has 0 saturated heterocycles. The summed E-state index contributed by atoms with van der Waals surface area (Å²) < 4.78 is 30.4. The van der Waals surface area contributed by atoms with Crippen LogP contribution in [0, 0.1) is 0 Å². The molecule has 25 heavy (non-hydrogen) atoms. The summed E-state index contributed by atoms with van der Waals surface area (Å²) in [7, 11) is 1.86. The first kappa shape index (κ1) is 21.5. The molecule has 0 aliphatic rings. The van der Waals surface area contributed by atoms with Gasteiger partial charge in [-0.2, -0.15) is 0 Å². The Labute approximate surface area is 154 Å². The lowest BCUT2D eigenvalue weighted by atomic mass is 10.2. The van der Waals surface area contributed by atoms with Gasteiger partial charge in [-0.05, 0) is 38.7 Å². The fourth-order valence-corrected chi connectivity index (χ4v) is 3.40. The van der Waals surface area contributed by atoms with Gasteiger partial charge < -0.3 is 15.0 Å². The number of carbonyl (C=O) groups excluding carboxylic acids is 1. The van der Waals surface area contributed by atoms with Crippen LogP contribution in [-0.4, -0.2) is 66.3 Å². The largest absolute Gasteiger partial charge is 0.495 e. The Morgan fingerprint density at radius 1 is 1.28 bits per heavy atom. The zero-order chi connectivity index (χ0) is 19.0. The van der Waals surface area contributed by atoms with Gasteiger partial charge in [0.05, 0.1) is 24.1 Å². The maximum atomic E-state index is 12.1. The number of rotatable bonds is 10. The lowest BCUT2D eigenvalue weighted by Gasteiger charge is -2.23. The molecule has 1 N–H and O–H groups in total. The number of likely N-dealkylation sites (N-methyl/N-ethyl adjacent to an activating group) is 1. The predicted octanol–water partition coefficient (Wildman–Crippen LogP) is 1.57. The number of carbonyl (C=O) groups is 1. The lowest BCUT2D eigenvalue weighted by molar-refractivity contribution is -0.121. The molecule has 0 atom stereocenters. The molecule has 0 radical (unpaired) electrons. The number of amides is 1. The molecule has 0 bridgehead atoms. The van der Waals surface area contributed by atoms with Crippen molar-refractivity contribution >= 4 is 33.2 Å². The topological polar surface area (TPSA) is 79.0 Å². The third-order valence-corrected chi connectivity index (χ3v) is 4.96. The highest BCUT2D eigenvalue weighted by atomic mass is 35.5. The second-order valence-corrected chi connectivity index (χ2v) is 8.22. The van der Waals surface area contributed by atoms with E-state index in [-0.39, 0.29) is 18.9 Å². The molecule has 1 amide bonds. The summed E-state index contributed by atoms with van der Waals surface area (Å²) in [5.41, 5.74) is 0.446. The Morgan fingerprint density at radius 3 is 2.48 bits per heavy atom. The SMILES string of the molecule is COc1ccc(N(CCCC(=O)NCCN(C)C)S(C)(=O)=O)cc1Cl. The van der Waals surface area contributed by atoms with Gasteiger partial charge in [-0.3, -0.25) is 9.10 Å². The van der Waals surface area contributed by atoms with Gasteiger partial charge in [0.25, 0.3) is 0 Å². The standard InChI is InChI=1S/C16H26ClN3O4S/c1-19(2)11-9-18-16(21)6-5-10-20(25(4,22)23)13-7-8-15(24-3)14(17)12-13/h7-8,12H,5-6,9-11H2,1-4H3,(H,18,21). The lowest BCUT2D eigenvalue weighted by Crippen LogP contribution is -2.33. The normalized spacial score (nSPS) is 11.4. The van der Waals surface area contributed by atoms with E-state index in [4.69, 9.17) is 16.3 Å². The molecule has 0 aromatic heterocycles. The van der Waals surface area contributed by atoms with Crippen LogP contribution < -0.4 is 14.4 Å². The number of benzene rings is 1. The minimum absolute atomic E-state index is 0.0944. The minimum Gasteiger partial charge on any atom is -0.495 e. The minimum atomic E-state index is -3.48. The number of sulfonamides is 1. The van der Waals surface area contributed by atoms with Crippen molar-refractivity contribution in [3.05, 3.63) is 23.2 Å². The first-order valence-electron chi connectivity index (χ1n) is 7.88. The van der Waals surface area contributed by atoms with Crippen LogP contribution in [0.15, 0.2) is 18.2 Å². The van der Waals surface area contributed by atoms with Gasteiger partial charge >= 0.3 is 0 Å². The number of ether oxygens (including phenoxy) is 1. The van der Waals surface area contributed by atoms with E-state index >= 15 is 0 Å². The number of halogens is 1. The van der Waals surface area contributed by atoms with Crippen LogP contribution in [0.3, 0.4) is 0 Å². The van der Waals surface area contributed by atoms with Crippen LogP contribution in [0.25, 0.3) is 0 Å². The van der Waals surface area contributed by atoms with Gasteiger partial charge in [-0.25, -0.2) is 8.42 Å². The van der Waals surface area contributed by atoms with Crippen LogP contribution in [0.4, 0.5) is 5.69 Å². The molecule has 0 fully saturated rings. The van der Waals surface area contributed by atoms with Gasteiger partial charge in [-0.1, -0.05) is 11.6 Å². The molecule has 0 aliphatic carbocycles. The van der Waals surface area contributed by atoms with Crippen LogP contribution in [-0.2, 0) is 14.8 Å². The molecule has 1 rings (SSSR count). The van der Waals surface area contributed by atoms with Crippen LogP contribution in [0.5, 0.6) is 5.75 Å². The Morgan fingerprint density at radius 2 is 1.96 bits per heavy atom. The highest BCUT2D eigenvalue weighted by Gasteiger charge is 2.18. The molecule has 1 aromatic carbocycles. The third-order valence-electron chi connectivity index (χ3n) is 3.47. The molecule has 0 unspecified atom stereocenters. The monoisotopic (exact) mass is 391 g/mol. The summed E-state index contributed by atoms with van der Waals surface area (Å²) in [6, 6.07) is 4.78. The molecule has 1 aromatic rings. The summed E-state index contributed by atoms with van der Waals surface area (Å²) in [6.45, 7) is 1.52. The van der Waals surface area contributed by atoms with E-state index in [1.165, 1.54) is 11.4 Å². The van der Waals surface area contributed by atoms with Gasteiger partial charge in [0.2, 0.25) is 15.9 Å². The maximum absolute atomic E-state index is 12.1. The second kappa shape index (κ2) is 9.84. The van der Waals surface area contributed by atoms with Crippen molar-refractivity contribution in [2.45, 2.75) is 12.8 Å². The molecule has 0 saturated carbocycles. The molecule has 0 spiro atoms. The van der Waals surface area contributed by atoms with E-state index in [1.54, 1.807) is 18.2 Å². The third kappa shape index (κ3) is 7.50. The van der Waals surface area contributed by atoms with E-state index in [0.717, 1.165) is 12.8 Å². The number of nitrogens with one attached hydrogen (secondary N) is 1. The first-order valence-corrected chi connectivity index (χ1v) is 10.1. The van der Waals surface area contributed by atoms with Gasteiger partial charge in [0.15, 0.2) is 0 Å². The molecule has 142 valence electrons. The fourth-order valence-electron chi connectivity index (χ4n) is 2.19. The van der Waals surface area contributed by atoms with E-state index in [0.29, 0.717) is 29.4 Å². The molecular formula is C16H26ClN3O4S. The summed E-state index contributed by atoms with van der Waals surface area (Å²) in [5.74, 6) is 0.377. The van der Waals surface area contributed by atoms with Crippen LogP contribution >= 0.6 is 11.6 Å². The van der Waals surface area contributed by atoms with E-state index in [2.05, 4.69) is 5.32 Å². The number of anilines is 1. The van der Waals surface area contributed by atoms with E-state index < -0.39 is 10.0 Å². The van der Waals surface area contributed by atoms with Crippen molar-refractivity contribution in [3.63, 3.8) is 0 Å². The molecule has 9 heteroatoms. The number of hydrogen-bond acceptors (Lipinski definition) is 5.